The van der Waals surface area contributed by atoms with Crippen molar-refractivity contribution in [1.82, 2.24) is 10.9 Å². The van der Waals surface area contributed by atoms with Crippen LogP contribution < -0.4 is 16.6 Å². The molecule has 0 aliphatic rings. The Morgan fingerprint density at radius 3 is 3.00 bits per heavy atom. The Balaban J connectivity index is 2.18. The lowest BCUT2D eigenvalue weighted by atomic mass is 10.1. The first-order chi connectivity index (χ1) is 7.77. The molecule has 0 aromatic carbocycles. The third kappa shape index (κ3) is 4.24. The fourth-order valence-corrected chi connectivity index (χ4v) is 1.91. The van der Waals surface area contributed by atoms with Gasteiger partial charge in [0.1, 0.15) is 6.29 Å². The van der Waals surface area contributed by atoms with Gasteiger partial charge in [-0.25, -0.2) is 5.43 Å². The van der Waals surface area contributed by atoms with Crippen LogP contribution >= 0.6 is 11.3 Å². The summed E-state index contributed by atoms with van der Waals surface area (Å²) < 4.78 is 0. The molecule has 0 saturated carbocycles. The molecule has 16 heavy (non-hydrogen) atoms. The van der Waals surface area contributed by atoms with Crippen LogP contribution in [-0.4, -0.2) is 24.9 Å². The minimum absolute atomic E-state index is 0.369. The molecule has 0 radical (unpaired) electrons. The molecular formula is C11H17N3OS. The van der Waals surface area contributed by atoms with Crippen LogP contribution in [0.1, 0.15) is 4.88 Å². The second kappa shape index (κ2) is 7.29. The molecule has 0 aliphatic heterocycles. The summed E-state index contributed by atoms with van der Waals surface area (Å²) in [6.45, 7) is 4.31. The van der Waals surface area contributed by atoms with E-state index < -0.39 is 6.04 Å². The Labute approximate surface area is 99.5 Å². The van der Waals surface area contributed by atoms with E-state index in [4.69, 9.17) is 5.73 Å². The number of hydrogen-bond acceptors (Lipinski definition) is 5. The molecule has 0 aliphatic carbocycles. The Hall–Kier alpha value is -1.01. The average Bonchev–Trinajstić information content (AvgIpc) is 2.81. The second-order valence-electron chi connectivity index (χ2n) is 3.38. The highest BCUT2D eigenvalue weighted by molar-refractivity contribution is 7.09. The summed E-state index contributed by atoms with van der Waals surface area (Å²) in [5.41, 5.74) is 11.5. The minimum atomic E-state index is -0.430. The normalized spacial score (nSPS) is 14.3. The predicted molar refractivity (Wildman–Crippen MR) is 67.2 cm³/mol. The summed E-state index contributed by atoms with van der Waals surface area (Å²) in [5, 5.41) is 2.05. The standard InChI is InChI=1S/C11H17N3OS/c1-2-10(12)11(8-15)14-13-6-5-9-4-3-7-16-9/h2-4,7-8,10-11,13-14H,1,5-6,12H2. The summed E-state index contributed by atoms with van der Waals surface area (Å²) in [5.74, 6) is 0. The monoisotopic (exact) mass is 239 g/mol. The number of hydrazine groups is 1. The molecule has 1 aromatic rings. The van der Waals surface area contributed by atoms with Crippen LogP contribution in [0.4, 0.5) is 0 Å². The summed E-state index contributed by atoms with van der Waals surface area (Å²) >= 11 is 1.72. The van der Waals surface area contributed by atoms with Crippen molar-refractivity contribution < 1.29 is 4.79 Å². The number of carbonyl (C=O) groups is 1. The van der Waals surface area contributed by atoms with Crippen molar-refractivity contribution in [2.45, 2.75) is 18.5 Å². The van der Waals surface area contributed by atoms with Gasteiger partial charge in [-0.05, 0) is 17.9 Å². The maximum atomic E-state index is 10.7. The van der Waals surface area contributed by atoms with Gasteiger partial charge in [-0.15, -0.1) is 17.9 Å². The molecule has 1 heterocycles. The van der Waals surface area contributed by atoms with Crippen molar-refractivity contribution in [1.29, 1.82) is 0 Å². The van der Waals surface area contributed by atoms with Crippen molar-refractivity contribution >= 4 is 17.6 Å². The van der Waals surface area contributed by atoms with Crippen molar-refractivity contribution in [2.75, 3.05) is 6.54 Å². The minimum Gasteiger partial charge on any atom is -0.323 e. The van der Waals surface area contributed by atoms with E-state index in [1.54, 1.807) is 17.4 Å². The van der Waals surface area contributed by atoms with Gasteiger partial charge >= 0.3 is 0 Å². The van der Waals surface area contributed by atoms with Crippen LogP contribution in [0.5, 0.6) is 0 Å². The fourth-order valence-electron chi connectivity index (χ4n) is 1.20. The second-order valence-corrected chi connectivity index (χ2v) is 4.41. The summed E-state index contributed by atoms with van der Waals surface area (Å²) in [6, 6.07) is 3.31. The first kappa shape index (κ1) is 13.1. The smallest absolute Gasteiger partial charge is 0.140 e. The molecule has 0 spiro atoms. The van der Waals surface area contributed by atoms with Gasteiger partial charge in [0.15, 0.2) is 0 Å². The molecule has 0 amide bonds. The van der Waals surface area contributed by atoms with Gasteiger partial charge < -0.3 is 10.5 Å². The lowest BCUT2D eigenvalue weighted by Crippen LogP contribution is -2.51. The molecule has 0 saturated heterocycles. The molecule has 4 N–H and O–H groups in total. The number of nitrogens with one attached hydrogen (secondary N) is 2. The Bertz CT molecular complexity index is 313. The van der Waals surface area contributed by atoms with Gasteiger partial charge in [0.05, 0.1) is 6.04 Å². The van der Waals surface area contributed by atoms with Crippen LogP contribution in [0, 0.1) is 0 Å². The molecule has 2 atom stereocenters. The van der Waals surface area contributed by atoms with E-state index in [0.717, 1.165) is 19.3 Å². The van der Waals surface area contributed by atoms with Crippen LogP contribution in [0.2, 0.25) is 0 Å². The summed E-state index contributed by atoms with van der Waals surface area (Å²) in [4.78, 5) is 12.0. The number of thiophene rings is 1. The molecular weight excluding hydrogens is 222 g/mol. The molecule has 0 bridgehead atoms. The van der Waals surface area contributed by atoms with E-state index in [-0.39, 0.29) is 6.04 Å². The zero-order valence-corrected chi connectivity index (χ0v) is 9.87. The predicted octanol–water partition coefficient (Wildman–Crippen LogP) is 0.466. The van der Waals surface area contributed by atoms with Crippen molar-refractivity contribution in [3.63, 3.8) is 0 Å². The van der Waals surface area contributed by atoms with Crippen LogP contribution in [0.15, 0.2) is 30.2 Å². The number of carbonyl (C=O) groups excluding carboxylic acids is 1. The van der Waals surface area contributed by atoms with E-state index in [1.165, 1.54) is 4.88 Å². The molecule has 4 nitrogen and oxygen atoms in total. The SMILES string of the molecule is C=CC(N)C(C=O)NNCCc1cccs1. The van der Waals surface area contributed by atoms with Crippen molar-refractivity contribution in [3.05, 3.63) is 35.0 Å². The zero-order valence-electron chi connectivity index (χ0n) is 9.06. The highest BCUT2D eigenvalue weighted by atomic mass is 32.1. The highest BCUT2D eigenvalue weighted by Gasteiger charge is 2.12. The van der Waals surface area contributed by atoms with E-state index in [2.05, 4.69) is 23.5 Å². The van der Waals surface area contributed by atoms with Crippen molar-refractivity contribution in [2.24, 2.45) is 5.73 Å². The first-order valence-electron chi connectivity index (χ1n) is 5.12. The molecule has 1 aromatic heterocycles. The lowest BCUT2D eigenvalue weighted by Gasteiger charge is -2.17. The fraction of sp³-hybridized carbons (Fsp3) is 0.364. The Morgan fingerprint density at radius 1 is 1.62 bits per heavy atom. The largest absolute Gasteiger partial charge is 0.323 e. The first-order valence-corrected chi connectivity index (χ1v) is 6.00. The van der Waals surface area contributed by atoms with Gasteiger partial charge in [-0.3, -0.25) is 5.43 Å². The number of rotatable bonds is 8. The number of aldehydes is 1. The van der Waals surface area contributed by atoms with E-state index in [1.807, 2.05) is 11.4 Å². The van der Waals surface area contributed by atoms with Crippen LogP contribution in [0.3, 0.4) is 0 Å². The average molecular weight is 239 g/mol. The third-order valence-corrected chi connectivity index (χ3v) is 3.11. The molecule has 5 heteroatoms. The van der Waals surface area contributed by atoms with Gasteiger partial charge in [0, 0.05) is 17.5 Å². The third-order valence-electron chi connectivity index (χ3n) is 2.18. The maximum Gasteiger partial charge on any atom is 0.140 e. The van der Waals surface area contributed by atoms with Gasteiger partial charge in [0.2, 0.25) is 0 Å². The number of nitrogens with two attached hydrogens (primary N) is 1. The molecule has 88 valence electrons. The van der Waals surface area contributed by atoms with Crippen molar-refractivity contribution in [3.8, 4) is 0 Å². The Kier molecular flexibility index (Phi) is 5.95. The molecule has 1 rings (SSSR count). The number of hydrogen-bond donors (Lipinski definition) is 3. The van der Waals surface area contributed by atoms with Crippen LogP contribution in [-0.2, 0) is 11.2 Å². The summed E-state index contributed by atoms with van der Waals surface area (Å²) in [7, 11) is 0. The zero-order chi connectivity index (χ0) is 11.8. The topological polar surface area (TPSA) is 67.2 Å². The van der Waals surface area contributed by atoms with E-state index in [0.29, 0.717) is 0 Å². The van der Waals surface area contributed by atoms with E-state index in [9.17, 15) is 4.79 Å². The molecule has 2 unspecified atom stereocenters. The maximum absolute atomic E-state index is 10.7. The van der Waals surface area contributed by atoms with Gasteiger partial charge in [-0.1, -0.05) is 12.1 Å². The Morgan fingerprint density at radius 2 is 2.44 bits per heavy atom. The quantitative estimate of drug-likeness (QED) is 0.267. The van der Waals surface area contributed by atoms with E-state index >= 15 is 0 Å². The highest BCUT2D eigenvalue weighted by Crippen LogP contribution is 2.07. The van der Waals surface area contributed by atoms with Gasteiger partial charge in [-0.2, -0.15) is 0 Å². The summed E-state index contributed by atoms with van der Waals surface area (Å²) in [6.07, 6.45) is 3.26. The molecule has 0 fully saturated rings. The van der Waals surface area contributed by atoms with Crippen LogP contribution in [0.25, 0.3) is 0 Å². The van der Waals surface area contributed by atoms with Gasteiger partial charge in [0.25, 0.3) is 0 Å². The lowest BCUT2D eigenvalue weighted by molar-refractivity contribution is -0.110.